The first-order chi connectivity index (χ1) is 15.3. The predicted molar refractivity (Wildman–Crippen MR) is 116 cm³/mol. The molecule has 1 heterocycles. The van der Waals surface area contributed by atoms with Crippen LogP contribution in [0.15, 0.2) is 66.7 Å². The number of ether oxygens (including phenoxy) is 2. The molecule has 0 aromatic heterocycles. The molecule has 32 heavy (non-hydrogen) atoms. The Balaban J connectivity index is 1.57. The van der Waals surface area contributed by atoms with Gasteiger partial charge in [0.2, 0.25) is 5.91 Å². The number of rotatable bonds is 5. The molecule has 0 aliphatic carbocycles. The Morgan fingerprint density at radius 3 is 2.12 bits per heavy atom. The first-order valence-electron chi connectivity index (χ1n) is 9.68. The van der Waals surface area contributed by atoms with E-state index in [1.54, 1.807) is 30.3 Å². The fraction of sp³-hybridized carbons (Fsp3) is 0.0833. The fourth-order valence-electron chi connectivity index (χ4n) is 3.32. The Hall–Kier alpha value is -4.46. The number of carbonyl (C=O) groups excluding carboxylic acids is 4. The van der Waals surface area contributed by atoms with Crippen LogP contribution in [0.4, 0.5) is 11.4 Å². The van der Waals surface area contributed by atoms with Crippen LogP contribution >= 0.6 is 0 Å². The van der Waals surface area contributed by atoms with Crippen LogP contribution in [-0.2, 0) is 9.59 Å². The molecule has 3 amide bonds. The molecule has 3 aromatic carbocycles. The van der Waals surface area contributed by atoms with Gasteiger partial charge in [0.1, 0.15) is 17.2 Å². The summed E-state index contributed by atoms with van der Waals surface area (Å²) in [6.45, 7) is 2.69. The average molecular weight is 430 g/mol. The minimum Gasteiger partial charge on any atom is -0.457 e. The molecule has 0 saturated carbocycles. The highest BCUT2D eigenvalue weighted by atomic mass is 16.5. The quantitative estimate of drug-likeness (QED) is 0.370. The first kappa shape index (κ1) is 20.8. The van der Waals surface area contributed by atoms with E-state index in [9.17, 15) is 19.2 Å². The molecule has 3 aromatic rings. The second-order valence-corrected chi connectivity index (χ2v) is 7.05. The molecular weight excluding hydrogens is 412 g/mol. The van der Waals surface area contributed by atoms with Crippen LogP contribution in [0.3, 0.4) is 0 Å². The average Bonchev–Trinajstić information content (AvgIpc) is 2.98. The summed E-state index contributed by atoms with van der Waals surface area (Å²) < 4.78 is 10.8. The van der Waals surface area contributed by atoms with E-state index in [0.717, 1.165) is 4.90 Å². The summed E-state index contributed by atoms with van der Waals surface area (Å²) in [5.74, 6) is -0.455. The highest BCUT2D eigenvalue weighted by Crippen LogP contribution is 2.33. The Bertz CT molecular complexity index is 1250. The Kier molecular flexibility index (Phi) is 5.43. The van der Waals surface area contributed by atoms with Crippen molar-refractivity contribution in [2.24, 2.45) is 0 Å². The summed E-state index contributed by atoms with van der Waals surface area (Å²) in [6, 6.07) is 17.5. The highest BCUT2D eigenvalue weighted by molar-refractivity contribution is 6.34. The molecule has 0 atom stereocenters. The van der Waals surface area contributed by atoms with Gasteiger partial charge in [-0.15, -0.1) is 0 Å². The van der Waals surface area contributed by atoms with Crippen molar-refractivity contribution < 1.29 is 28.7 Å². The third-order valence-corrected chi connectivity index (χ3v) is 4.60. The van der Waals surface area contributed by atoms with Gasteiger partial charge >= 0.3 is 5.97 Å². The molecule has 160 valence electrons. The molecule has 1 aliphatic rings. The molecule has 0 spiro atoms. The molecule has 0 bridgehead atoms. The van der Waals surface area contributed by atoms with Gasteiger partial charge in [0.25, 0.3) is 11.8 Å². The van der Waals surface area contributed by atoms with Gasteiger partial charge in [0, 0.05) is 25.6 Å². The normalized spacial score (nSPS) is 12.4. The lowest BCUT2D eigenvalue weighted by Gasteiger charge is -2.14. The lowest BCUT2D eigenvalue weighted by Crippen LogP contribution is -2.29. The summed E-state index contributed by atoms with van der Waals surface area (Å²) in [5, 5.41) is 2.67. The molecule has 8 nitrogen and oxygen atoms in total. The zero-order valence-corrected chi connectivity index (χ0v) is 17.2. The SMILES string of the molecule is CC(=O)Nc1cccc(Oc2ccc3c(c2)C(=O)N(c2ccc(OC(C)=O)cc2)C3=O)c1. The van der Waals surface area contributed by atoms with E-state index >= 15 is 0 Å². The summed E-state index contributed by atoms with van der Waals surface area (Å²) in [5.41, 5.74) is 1.41. The van der Waals surface area contributed by atoms with Crippen molar-refractivity contribution in [1.82, 2.24) is 0 Å². The number of amides is 3. The maximum atomic E-state index is 13.0. The maximum Gasteiger partial charge on any atom is 0.308 e. The van der Waals surface area contributed by atoms with Gasteiger partial charge in [-0.2, -0.15) is 0 Å². The van der Waals surface area contributed by atoms with Crippen LogP contribution < -0.4 is 19.7 Å². The second-order valence-electron chi connectivity index (χ2n) is 7.05. The van der Waals surface area contributed by atoms with Crippen LogP contribution in [0.25, 0.3) is 0 Å². The summed E-state index contributed by atoms with van der Waals surface area (Å²) in [4.78, 5) is 49.2. The Morgan fingerprint density at radius 2 is 1.44 bits per heavy atom. The van der Waals surface area contributed by atoms with Crippen molar-refractivity contribution in [3.05, 3.63) is 77.9 Å². The number of nitrogens with zero attached hydrogens (tertiary/aromatic N) is 1. The largest absolute Gasteiger partial charge is 0.457 e. The van der Waals surface area contributed by atoms with E-state index in [4.69, 9.17) is 9.47 Å². The third kappa shape index (κ3) is 4.20. The number of benzene rings is 3. The lowest BCUT2D eigenvalue weighted by molar-refractivity contribution is -0.131. The predicted octanol–water partition coefficient (Wildman–Crippen LogP) is 4.16. The second kappa shape index (κ2) is 8.35. The highest BCUT2D eigenvalue weighted by Gasteiger charge is 2.37. The summed E-state index contributed by atoms with van der Waals surface area (Å²) >= 11 is 0. The van der Waals surface area contributed by atoms with Gasteiger partial charge < -0.3 is 14.8 Å². The molecule has 1 aliphatic heterocycles. The van der Waals surface area contributed by atoms with Gasteiger partial charge in [-0.25, -0.2) is 4.90 Å². The maximum absolute atomic E-state index is 13.0. The number of hydrogen-bond donors (Lipinski definition) is 1. The first-order valence-corrected chi connectivity index (χ1v) is 9.68. The molecule has 0 fully saturated rings. The van der Waals surface area contributed by atoms with Crippen LogP contribution in [-0.4, -0.2) is 23.7 Å². The van der Waals surface area contributed by atoms with Gasteiger partial charge in [-0.3, -0.25) is 19.2 Å². The van der Waals surface area contributed by atoms with Gasteiger partial charge in [0.15, 0.2) is 0 Å². The molecule has 8 heteroatoms. The van der Waals surface area contributed by atoms with E-state index in [1.165, 1.54) is 50.2 Å². The fourth-order valence-corrected chi connectivity index (χ4v) is 3.32. The minimum atomic E-state index is -0.484. The number of fused-ring (bicyclic) bond motifs is 1. The van der Waals surface area contributed by atoms with Crippen molar-refractivity contribution in [2.45, 2.75) is 13.8 Å². The van der Waals surface area contributed by atoms with E-state index < -0.39 is 17.8 Å². The van der Waals surface area contributed by atoms with Gasteiger partial charge in [-0.05, 0) is 54.6 Å². The standard InChI is InChI=1S/C24H18N2O6/c1-14(27)25-16-4-3-5-19(12-16)32-20-10-11-21-22(13-20)24(30)26(23(21)29)17-6-8-18(9-7-17)31-15(2)28/h3-13H,1-2H3,(H,25,27). The summed E-state index contributed by atoms with van der Waals surface area (Å²) in [7, 11) is 0. The van der Waals surface area contributed by atoms with Crippen molar-refractivity contribution >= 4 is 35.1 Å². The zero-order valence-electron chi connectivity index (χ0n) is 17.2. The van der Waals surface area contributed by atoms with E-state index in [-0.39, 0.29) is 17.0 Å². The van der Waals surface area contributed by atoms with Gasteiger partial charge in [0.05, 0.1) is 16.8 Å². The van der Waals surface area contributed by atoms with Crippen LogP contribution in [0.5, 0.6) is 17.2 Å². The topological polar surface area (TPSA) is 102 Å². The molecule has 0 unspecified atom stereocenters. The van der Waals surface area contributed by atoms with E-state index in [1.807, 2.05) is 0 Å². The van der Waals surface area contributed by atoms with Crippen molar-refractivity contribution in [3.63, 3.8) is 0 Å². The number of hydrogen-bond acceptors (Lipinski definition) is 6. The van der Waals surface area contributed by atoms with Crippen molar-refractivity contribution in [2.75, 3.05) is 10.2 Å². The number of esters is 1. The summed E-state index contributed by atoms with van der Waals surface area (Å²) in [6.07, 6.45) is 0. The Labute approximate surface area is 183 Å². The Morgan fingerprint density at radius 1 is 0.781 bits per heavy atom. The molecule has 1 N–H and O–H groups in total. The number of carbonyl (C=O) groups is 4. The molecular formula is C24H18N2O6. The van der Waals surface area contributed by atoms with E-state index in [0.29, 0.717) is 28.6 Å². The third-order valence-electron chi connectivity index (χ3n) is 4.60. The van der Waals surface area contributed by atoms with Crippen LogP contribution in [0, 0.1) is 0 Å². The van der Waals surface area contributed by atoms with Crippen molar-refractivity contribution in [1.29, 1.82) is 0 Å². The molecule has 0 saturated heterocycles. The van der Waals surface area contributed by atoms with Crippen LogP contribution in [0.2, 0.25) is 0 Å². The lowest BCUT2D eigenvalue weighted by atomic mass is 10.1. The smallest absolute Gasteiger partial charge is 0.308 e. The monoisotopic (exact) mass is 430 g/mol. The molecule has 4 rings (SSSR count). The van der Waals surface area contributed by atoms with E-state index in [2.05, 4.69) is 5.32 Å². The zero-order chi connectivity index (χ0) is 22.8. The van der Waals surface area contributed by atoms with Crippen LogP contribution in [0.1, 0.15) is 34.6 Å². The number of nitrogens with one attached hydrogen (secondary N) is 1. The van der Waals surface area contributed by atoms with Gasteiger partial charge in [-0.1, -0.05) is 6.07 Å². The van der Waals surface area contributed by atoms with Crippen molar-refractivity contribution in [3.8, 4) is 17.2 Å². The molecule has 0 radical (unpaired) electrons. The minimum absolute atomic E-state index is 0.204. The number of imide groups is 1. The number of anilines is 2.